The van der Waals surface area contributed by atoms with Crippen molar-refractivity contribution in [3.8, 4) is 0 Å². The van der Waals surface area contributed by atoms with Crippen molar-refractivity contribution in [3.63, 3.8) is 0 Å². The normalized spacial score (nSPS) is 11.5. The van der Waals surface area contributed by atoms with Gasteiger partial charge >= 0.3 is 0 Å². The average molecular weight is 247 g/mol. The van der Waals surface area contributed by atoms with Crippen molar-refractivity contribution in [1.29, 1.82) is 0 Å². The Morgan fingerprint density at radius 1 is 1.22 bits per heavy atom. The molecule has 0 aliphatic rings. The second-order valence-electron chi connectivity index (χ2n) is 5.65. The molecular formula is C16H25NO. The summed E-state index contributed by atoms with van der Waals surface area (Å²) in [5.41, 5.74) is 1.41. The molecule has 1 N–H and O–H groups in total. The highest BCUT2D eigenvalue weighted by atomic mass is 16.1. The number of hydrogen-bond acceptors (Lipinski definition) is 2. The zero-order valence-electron chi connectivity index (χ0n) is 11.8. The fourth-order valence-corrected chi connectivity index (χ4v) is 1.80. The van der Waals surface area contributed by atoms with Gasteiger partial charge in [0.25, 0.3) is 0 Å². The number of ketones is 1. The molecule has 2 heteroatoms. The number of Topliss-reactive ketones (excluding diaryl/α,β-unsaturated/α-hetero) is 1. The molecule has 0 aromatic heterocycles. The summed E-state index contributed by atoms with van der Waals surface area (Å²) >= 11 is 0. The van der Waals surface area contributed by atoms with Gasteiger partial charge in [0.15, 0.2) is 0 Å². The molecular weight excluding hydrogens is 222 g/mol. The van der Waals surface area contributed by atoms with Crippen LogP contribution in [0.15, 0.2) is 30.3 Å². The van der Waals surface area contributed by atoms with Crippen molar-refractivity contribution in [3.05, 3.63) is 35.9 Å². The maximum Gasteiger partial charge on any atom is 0.134 e. The summed E-state index contributed by atoms with van der Waals surface area (Å²) < 4.78 is 0. The molecule has 0 bridgehead atoms. The van der Waals surface area contributed by atoms with Crippen LogP contribution in [-0.4, -0.2) is 12.3 Å². The first-order chi connectivity index (χ1) is 8.53. The molecule has 1 aromatic rings. The van der Waals surface area contributed by atoms with Gasteiger partial charge in [0, 0.05) is 25.9 Å². The van der Waals surface area contributed by atoms with Gasteiger partial charge in [0.2, 0.25) is 0 Å². The van der Waals surface area contributed by atoms with Crippen LogP contribution in [0.2, 0.25) is 0 Å². The number of benzene rings is 1. The Labute approximate surface area is 111 Å². The van der Waals surface area contributed by atoms with Crippen molar-refractivity contribution >= 4 is 5.78 Å². The Kier molecular flexibility index (Phi) is 6.06. The first-order valence-corrected chi connectivity index (χ1v) is 6.80. The number of hydrogen-bond donors (Lipinski definition) is 1. The smallest absolute Gasteiger partial charge is 0.134 e. The van der Waals surface area contributed by atoms with Gasteiger partial charge in [0.05, 0.1) is 0 Å². The lowest BCUT2D eigenvalue weighted by atomic mass is 9.84. The van der Waals surface area contributed by atoms with Gasteiger partial charge in [0.1, 0.15) is 5.78 Å². The van der Waals surface area contributed by atoms with Crippen LogP contribution < -0.4 is 5.32 Å². The van der Waals surface area contributed by atoms with Gasteiger partial charge in [-0.15, -0.1) is 0 Å². The predicted octanol–water partition coefficient (Wildman–Crippen LogP) is 3.56. The van der Waals surface area contributed by atoms with E-state index in [1.807, 2.05) is 18.2 Å². The molecule has 0 aliphatic heterocycles. The van der Waals surface area contributed by atoms with E-state index in [0.717, 1.165) is 19.5 Å². The van der Waals surface area contributed by atoms with Gasteiger partial charge in [-0.3, -0.25) is 4.79 Å². The topological polar surface area (TPSA) is 29.1 Å². The summed E-state index contributed by atoms with van der Waals surface area (Å²) in [5.74, 6) is 0.363. The van der Waals surface area contributed by atoms with E-state index in [9.17, 15) is 4.79 Å². The van der Waals surface area contributed by atoms with E-state index < -0.39 is 0 Å². The van der Waals surface area contributed by atoms with Gasteiger partial charge < -0.3 is 5.32 Å². The highest BCUT2D eigenvalue weighted by Crippen LogP contribution is 2.24. The summed E-state index contributed by atoms with van der Waals surface area (Å²) in [6.45, 7) is 8.06. The van der Waals surface area contributed by atoms with Crippen LogP contribution in [0.25, 0.3) is 0 Å². The van der Waals surface area contributed by atoms with Crippen molar-refractivity contribution in [2.45, 2.75) is 46.6 Å². The lowest BCUT2D eigenvalue weighted by Crippen LogP contribution is -2.21. The van der Waals surface area contributed by atoms with Crippen LogP contribution in [-0.2, 0) is 11.3 Å². The van der Waals surface area contributed by atoms with E-state index in [0.29, 0.717) is 18.6 Å². The summed E-state index contributed by atoms with van der Waals surface area (Å²) in [6, 6.07) is 10.3. The fourth-order valence-electron chi connectivity index (χ4n) is 1.80. The third-order valence-corrected chi connectivity index (χ3v) is 3.39. The van der Waals surface area contributed by atoms with Crippen molar-refractivity contribution in [2.24, 2.45) is 5.41 Å². The van der Waals surface area contributed by atoms with Crippen LogP contribution in [0.5, 0.6) is 0 Å². The molecule has 2 nitrogen and oxygen atoms in total. The maximum absolute atomic E-state index is 11.8. The lowest BCUT2D eigenvalue weighted by molar-refractivity contribution is -0.120. The molecule has 0 heterocycles. The quantitative estimate of drug-likeness (QED) is 0.712. The number of nitrogens with one attached hydrogen (secondary N) is 1. The minimum atomic E-state index is 0.149. The number of carbonyl (C=O) groups is 1. The Balaban J connectivity index is 2.17. The molecule has 1 rings (SSSR count). The van der Waals surface area contributed by atoms with E-state index in [1.54, 1.807) is 0 Å². The van der Waals surface area contributed by atoms with Gasteiger partial charge in [-0.05, 0) is 11.0 Å². The largest absolute Gasteiger partial charge is 0.312 e. The van der Waals surface area contributed by atoms with Crippen LogP contribution in [0.1, 0.15) is 45.6 Å². The Hall–Kier alpha value is -1.15. The van der Waals surface area contributed by atoms with Crippen LogP contribution in [0.3, 0.4) is 0 Å². The van der Waals surface area contributed by atoms with Gasteiger partial charge in [-0.25, -0.2) is 0 Å². The maximum atomic E-state index is 11.8. The standard InChI is InChI=1S/C16H25NO/c1-4-16(2,3)12-15(18)10-11-17-13-14-8-6-5-7-9-14/h5-9,17H,4,10-13H2,1-3H3. The number of rotatable bonds is 8. The number of carbonyl (C=O) groups excluding carboxylic acids is 1. The first kappa shape index (κ1) is 14.9. The average Bonchev–Trinajstić information content (AvgIpc) is 2.35. The van der Waals surface area contributed by atoms with Crippen LogP contribution in [0.4, 0.5) is 0 Å². The van der Waals surface area contributed by atoms with Crippen LogP contribution >= 0.6 is 0 Å². The molecule has 0 radical (unpaired) electrons. The molecule has 0 fully saturated rings. The second kappa shape index (κ2) is 7.32. The third kappa shape index (κ3) is 5.97. The zero-order valence-corrected chi connectivity index (χ0v) is 11.8. The summed E-state index contributed by atoms with van der Waals surface area (Å²) in [5, 5.41) is 3.32. The Morgan fingerprint density at radius 2 is 1.89 bits per heavy atom. The molecule has 0 aliphatic carbocycles. The SMILES string of the molecule is CCC(C)(C)CC(=O)CCNCc1ccccc1. The molecule has 0 unspecified atom stereocenters. The second-order valence-corrected chi connectivity index (χ2v) is 5.65. The highest BCUT2D eigenvalue weighted by molar-refractivity contribution is 5.79. The Bertz CT molecular complexity index is 357. The molecule has 18 heavy (non-hydrogen) atoms. The monoisotopic (exact) mass is 247 g/mol. The highest BCUT2D eigenvalue weighted by Gasteiger charge is 2.18. The van der Waals surface area contributed by atoms with E-state index >= 15 is 0 Å². The third-order valence-electron chi connectivity index (χ3n) is 3.39. The molecule has 0 saturated carbocycles. The van der Waals surface area contributed by atoms with Crippen molar-refractivity contribution in [1.82, 2.24) is 5.32 Å². The van der Waals surface area contributed by atoms with E-state index in [4.69, 9.17) is 0 Å². The summed E-state index contributed by atoms with van der Waals surface area (Å²) in [7, 11) is 0. The summed E-state index contributed by atoms with van der Waals surface area (Å²) in [6.07, 6.45) is 2.38. The molecule has 0 amide bonds. The zero-order chi connectivity index (χ0) is 13.4. The molecule has 1 aromatic carbocycles. The molecule has 100 valence electrons. The first-order valence-electron chi connectivity index (χ1n) is 6.80. The van der Waals surface area contributed by atoms with Gasteiger partial charge in [-0.1, -0.05) is 57.5 Å². The Morgan fingerprint density at radius 3 is 2.50 bits per heavy atom. The van der Waals surface area contributed by atoms with Crippen molar-refractivity contribution in [2.75, 3.05) is 6.54 Å². The lowest BCUT2D eigenvalue weighted by Gasteiger charge is -2.21. The predicted molar refractivity (Wildman–Crippen MR) is 76.5 cm³/mol. The molecule has 0 saturated heterocycles. The van der Waals surface area contributed by atoms with Crippen molar-refractivity contribution < 1.29 is 4.79 Å². The minimum Gasteiger partial charge on any atom is -0.312 e. The minimum absolute atomic E-state index is 0.149. The fraction of sp³-hybridized carbons (Fsp3) is 0.562. The van der Waals surface area contributed by atoms with Gasteiger partial charge in [-0.2, -0.15) is 0 Å². The van der Waals surface area contributed by atoms with E-state index in [-0.39, 0.29) is 5.41 Å². The van der Waals surface area contributed by atoms with E-state index in [1.165, 1.54) is 5.56 Å². The molecule has 0 atom stereocenters. The van der Waals surface area contributed by atoms with Crippen LogP contribution in [0, 0.1) is 5.41 Å². The molecule has 0 spiro atoms. The summed E-state index contributed by atoms with van der Waals surface area (Å²) in [4.78, 5) is 11.8. The van der Waals surface area contributed by atoms with E-state index in [2.05, 4.69) is 38.2 Å².